The summed E-state index contributed by atoms with van der Waals surface area (Å²) in [5, 5.41) is 8.19. The topological polar surface area (TPSA) is 98.9 Å². The fourth-order valence-corrected chi connectivity index (χ4v) is 2.51. The predicted molar refractivity (Wildman–Crippen MR) is 113 cm³/mol. The summed E-state index contributed by atoms with van der Waals surface area (Å²) in [6.45, 7) is 8.32. The van der Waals surface area contributed by atoms with Crippen LogP contribution in [0.15, 0.2) is 63.5 Å². The first-order valence-corrected chi connectivity index (χ1v) is 8.76. The van der Waals surface area contributed by atoms with Crippen LogP contribution in [0.3, 0.4) is 0 Å². The fourth-order valence-electron chi connectivity index (χ4n) is 2.51. The predicted octanol–water partition coefficient (Wildman–Crippen LogP) is 3.64. The first-order valence-electron chi connectivity index (χ1n) is 8.76. The minimum atomic E-state index is 0.173. The van der Waals surface area contributed by atoms with Crippen molar-refractivity contribution in [3.05, 3.63) is 72.0 Å². The van der Waals surface area contributed by atoms with Gasteiger partial charge in [-0.05, 0) is 19.4 Å². The Morgan fingerprint density at radius 2 is 1.96 bits per heavy atom. The lowest BCUT2D eigenvalue weighted by Crippen LogP contribution is -2.25. The van der Waals surface area contributed by atoms with Crippen molar-refractivity contribution in [2.75, 3.05) is 14.2 Å². The van der Waals surface area contributed by atoms with Gasteiger partial charge in [-0.25, -0.2) is 4.99 Å². The van der Waals surface area contributed by atoms with Crippen molar-refractivity contribution in [3.8, 4) is 0 Å². The van der Waals surface area contributed by atoms with Crippen LogP contribution in [-0.4, -0.2) is 35.9 Å². The average Bonchev–Trinajstić information content (AvgIpc) is 3.19. The number of rotatable bonds is 8. The highest BCUT2D eigenvalue weighted by molar-refractivity contribution is 6.46. The smallest absolute Gasteiger partial charge is 0.270 e. The molecule has 0 aliphatic rings. The zero-order valence-electron chi connectivity index (χ0n) is 16.6. The molecular weight excluding hydrogens is 354 g/mol. The normalized spacial score (nSPS) is 13.4. The highest BCUT2D eigenvalue weighted by Crippen LogP contribution is 2.21. The van der Waals surface area contributed by atoms with Gasteiger partial charge in [-0.1, -0.05) is 49.1 Å². The maximum Gasteiger partial charge on any atom is 0.270 e. The van der Waals surface area contributed by atoms with Crippen molar-refractivity contribution < 1.29 is 9.15 Å². The van der Waals surface area contributed by atoms with Crippen LogP contribution in [0.1, 0.15) is 36.8 Å². The summed E-state index contributed by atoms with van der Waals surface area (Å²) >= 11 is 0. The number of hydrogen-bond donors (Lipinski definition) is 1. The van der Waals surface area contributed by atoms with E-state index < -0.39 is 0 Å². The number of aromatic nitrogens is 2. The number of amidine groups is 1. The summed E-state index contributed by atoms with van der Waals surface area (Å²) in [5.74, 6) is 0.721. The Bertz CT molecular complexity index is 951. The van der Waals surface area contributed by atoms with Crippen molar-refractivity contribution in [1.82, 2.24) is 10.2 Å². The van der Waals surface area contributed by atoms with Gasteiger partial charge in [0.25, 0.3) is 5.89 Å². The minimum Gasteiger partial charge on any atom is -0.414 e. The monoisotopic (exact) mass is 379 g/mol. The first-order chi connectivity index (χ1) is 13.5. The lowest BCUT2D eigenvalue weighted by molar-refractivity contribution is 0.184. The van der Waals surface area contributed by atoms with Crippen LogP contribution >= 0.6 is 0 Å². The Labute approximate surface area is 165 Å². The van der Waals surface area contributed by atoms with Gasteiger partial charge in [-0.3, -0.25) is 4.99 Å². The van der Waals surface area contributed by atoms with Gasteiger partial charge in [0.1, 0.15) is 5.84 Å². The third kappa shape index (κ3) is 4.89. The Morgan fingerprint density at radius 1 is 1.25 bits per heavy atom. The number of ether oxygens (including phenoxy) is 1. The van der Waals surface area contributed by atoms with Gasteiger partial charge in [0.15, 0.2) is 5.71 Å². The van der Waals surface area contributed by atoms with E-state index in [2.05, 4.69) is 26.8 Å². The number of methoxy groups -OCH3 is 1. The van der Waals surface area contributed by atoms with Gasteiger partial charge in [-0.2, -0.15) is 0 Å². The molecule has 1 heterocycles. The van der Waals surface area contributed by atoms with E-state index in [1.807, 2.05) is 56.3 Å². The fraction of sp³-hybridized carbons (Fsp3) is 0.238. The second-order valence-electron chi connectivity index (χ2n) is 5.76. The second-order valence-corrected chi connectivity index (χ2v) is 5.76. The summed E-state index contributed by atoms with van der Waals surface area (Å²) in [7, 11) is 3.21. The zero-order valence-corrected chi connectivity index (χ0v) is 16.6. The van der Waals surface area contributed by atoms with Crippen LogP contribution in [0.2, 0.25) is 0 Å². The molecule has 2 aromatic rings. The third-order valence-corrected chi connectivity index (χ3v) is 3.89. The van der Waals surface area contributed by atoms with Crippen molar-refractivity contribution in [2.45, 2.75) is 20.5 Å². The molecule has 0 saturated carbocycles. The van der Waals surface area contributed by atoms with Crippen LogP contribution in [0.5, 0.6) is 0 Å². The molecular formula is C21H25N5O2. The summed E-state index contributed by atoms with van der Waals surface area (Å²) in [4.78, 5) is 8.58. The Morgan fingerprint density at radius 3 is 2.61 bits per heavy atom. The molecule has 0 aliphatic heterocycles. The molecule has 0 amide bonds. The summed E-state index contributed by atoms with van der Waals surface area (Å²) in [5.41, 5.74) is 9.42. The molecule has 146 valence electrons. The van der Waals surface area contributed by atoms with Crippen LogP contribution < -0.4 is 5.73 Å². The van der Waals surface area contributed by atoms with E-state index in [0.29, 0.717) is 18.2 Å². The quantitative estimate of drug-likeness (QED) is 0.429. The van der Waals surface area contributed by atoms with Gasteiger partial charge >= 0.3 is 0 Å². The second kappa shape index (κ2) is 10.1. The Balaban J connectivity index is 2.48. The number of allylic oxidation sites excluding steroid dienone is 4. The van der Waals surface area contributed by atoms with Crippen LogP contribution in [0, 0.1) is 0 Å². The van der Waals surface area contributed by atoms with Crippen molar-refractivity contribution >= 4 is 22.8 Å². The molecule has 0 bridgehead atoms. The van der Waals surface area contributed by atoms with Crippen molar-refractivity contribution in [2.24, 2.45) is 15.7 Å². The molecule has 0 atom stereocenters. The van der Waals surface area contributed by atoms with Crippen LogP contribution in [0.4, 0.5) is 0 Å². The van der Waals surface area contributed by atoms with Gasteiger partial charge in [0, 0.05) is 25.3 Å². The Kier molecular flexibility index (Phi) is 7.59. The molecule has 2 N–H and O–H groups in total. The van der Waals surface area contributed by atoms with E-state index >= 15 is 0 Å². The summed E-state index contributed by atoms with van der Waals surface area (Å²) < 4.78 is 11.0. The molecule has 1 aromatic heterocycles. The van der Waals surface area contributed by atoms with Gasteiger partial charge in [-0.15, -0.1) is 10.2 Å². The molecule has 0 spiro atoms. The SMILES string of the molecule is C=C(N=C(C(N)=NC)c1nnc(/C(C=CC)=C/C)o1)c1ccccc1COC. The van der Waals surface area contributed by atoms with Crippen molar-refractivity contribution in [1.29, 1.82) is 0 Å². The number of nitrogens with two attached hydrogens (primary N) is 1. The highest BCUT2D eigenvalue weighted by atomic mass is 16.5. The summed E-state index contributed by atoms with van der Waals surface area (Å²) in [6, 6.07) is 7.71. The first kappa shape index (κ1) is 21.0. The van der Waals surface area contributed by atoms with Crippen LogP contribution in [-0.2, 0) is 11.3 Å². The highest BCUT2D eigenvalue weighted by Gasteiger charge is 2.19. The molecule has 7 heteroatoms. The third-order valence-electron chi connectivity index (χ3n) is 3.89. The summed E-state index contributed by atoms with van der Waals surface area (Å²) in [6.07, 6.45) is 5.65. The van der Waals surface area contributed by atoms with Crippen LogP contribution in [0.25, 0.3) is 11.3 Å². The maximum atomic E-state index is 6.05. The van der Waals surface area contributed by atoms with E-state index in [1.165, 1.54) is 0 Å². The molecule has 0 fully saturated rings. The van der Waals surface area contributed by atoms with Gasteiger partial charge in [0.05, 0.1) is 12.3 Å². The Hall–Kier alpha value is -3.32. The molecule has 7 nitrogen and oxygen atoms in total. The lowest BCUT2D eigenvalue weighted by atomic mass is 10.1. The van der Waals surface area contributed by atoms with E-state index in [1.54, 1.807) is 14.2 Å². The van der Waals surface area contributed by atoms with E-state index in [-0.39, 0.29) is 17.4 Å². The van der Waals surface area contributed by atoms with Gasteiger partial charge in [0.2, 0.25) is 5.89 Å². The largest absolute Gasteiger partial charge is 0.414 e. The number of benzene rings is 1. The minimum absolute atomic E-state index is 0.173. The number of hydrogen-bond acceptors (Lipinski definition) is 6. The molecule has 1 aromatic carbocycles. The number of aliphatic imine (C=N–C) groups is 2. The van der Waals surface area contributed by atoms with E-state index in [0.717, 1.165) is 16.7 Å². The molecule has 0 radical (unpaired) electrons. The number of nitrogens with zero attached hydrogens (tertiary/aromatic N) is 4. The van der Waals surface area contributed by atoms with Crippen molar-refractivity contribution in [3.63, 3.8) is 0 Å². The average molecular weight is 379 g/mol. The molecule has 0 saturated heterocycles. The van der Waals surface area contributed by atoms with E-state index in [4.69, 9.17) is 14.9 Å². The molecule has 2 rings (SSSR count). The molecule has 28 heavy (non-hydrogen) atoms. The molecule has 0 unspecified atom stereocenters. The van der Waals surface area contributed by atoms with E-state index in [9.17, 15) is 0 Å². The lowest BCUT2D eigenvalue weighted by Gasteiger charge is -2.09. The zero-order chi connectivity index (χ0) is 20.5. The maximum absolute atomic E-state index is 6.05. The molecule has 0 aliphatic carbocycles. The standard InChI is InChI=1S/C21H25N5O2/c1-6-10-15(7-2)20-25-26-21(28-20)18(19(22)23-4)24-14(3)17-12-9-8-11-16(17)13-27-5/h6-12H,3,13H2,1-2,4-5H3,(H2,22,23)/b10-6?,15-7+,24-18?. The van der Waals surface area contributed by atoms with Gasteiger partial charge < -0.3 is 14.9 Å².